The second-order valence-electron chi connectivity index (χ2n) is 6.44. The van der Waals surface area contributed by atoms with E-state index in [1.165, 1.54) is 12.1 Å². The number of ether oxygens (including phenoxy) is 2. The van der Waals surface area contributed by atoms with Crippen molar-refractivity contribution >= 4 is 17.8 Å². The van der Waals surface area contributed by atoms with E-state index in [-0.39, 0.29) is 12.8 Å². The molecule has 0 fully saturated rings. The highest BCUT2D eigenvalue weighted by Gasteiger charge is 2.30. The molecule has 2 heterocycles. The molecule has 0 bridgehead atoms. The van der Waals surface area contributed by atoms with Gasteiger partial charge in [-0.2, -0.15) is 13.2 Å². The van der Waals surface area contributed by atoms with E-state index >= 15 is 0 Å². The van der Waals surface area contributed by atoms with Gasteiger partial charge in [0.05, 0.1) is 17.3 Å². The van der Waals surface area contributed by atoms with Crippen LogP contribution in [-0.2, 0) is 6.18 Å². The number of benzene rings is 2. The molecule has 0 aliphatic carbocycles. The molecule has 2 aromatic rings. The Morgan fingerprint density at radius 2 is 1.81 bits per heavy atom. The van der Waals surface area contributed by atoms with Gasteiger partial charge in [-0.25, -0.2) is 0 Å². The average Bonchev–Trinajstić information content (AvgIpc) is 3.11. The van der Waals surface area contributed by atoms with Gasteiger partial charge in [0, 0.05) is 17.8 Å². The summed E-state index contributed by atoms with van der Waals surface area (Å²) in [6.45, 7) is 2.30. The quantitative estimate of drug-likeness (QED) is 0.687. The van der Waals surface area contributed by atoms with Crippen LogP contribution >= 0.6 is 0 Å². The predicted octanol–water partition coefficient (Wildman–Crippen LogP) is 5.72. The Hall–Kier alpha value is -2.89. The molecule has 1 unspecified atom stereocenters. The van der Waals surface area contributed by atoms with Gasteiger partial charge in [0.1, 0.15) is 0 Å². The molecule has 2 aliphatic heterocycles. The molecule has 2 aliphatic rings. The molecule has 0 saturated heterocycles. The van der Waals surface area contributed by atoms with Crippen molar-refractivity contribution < 1.29 is 22.6 Å². The van der Waals surface area contributed by atoms with E-state index in [4.69, 9.17) is 9.47 Å². The highest BCUT2D eigenvalue weighted by Crippen LogP contribution is 2.42. The molecule has 4 rings (SSSR count). The second-order valence-corrected chi connectivity index (χ2v) is 6.44. The van der Waals surface area contributed by atoms with E-state index in [1.54, 1.807) is 0 Å². The van der Waals surface area contributed by atoms with Crippen LogP contribution in [0.3, 0.4) is 0 Å². The third kappa shape index (κ3) is 3.39. The Bertz CT molecular complexity index is 901. The lowest BCUT2D eigenvalue weighted by Crippen LogP contribution is -2.30. The van der Waals surface area contributed by atoms with Crippen LogP contribution in [0.4, 0.5) is 18.9 Å². The number of hydrogen-bond acceptors (Lipinski definition) is 3. The van der Waals surface area contributed by atoms with Crippen LogP contribution in [0.5, 0.6) is 11.5 Å². The Morgan fingerprint density at radius 1 is 1.11 bits per heavy atom. The number of halogens is 3. The van der Waals surface area contributed by atoms with Crippen LogP contribution in [0.25, 0.3) is 12.2 Å². The molecular formula is C21H18F3NO2. The Balaban J connectivity index is 1.64. The topological polar surface area (TPSA) is 21.7 Å². The maximum atomic E-state index is 12.7. The van der Waals surface area contributed by atoms with E-state index in [1.807, 2.05) is 24.4 Å². The smallest absolute Gasteiger partial charge is 0.416 e. The van der Waals surface area contributed by atoms with Gasteiger partial charge >= 0.3 is 6.18 Å². The lowest BCUT2D eigenvalue weighted by Gasteiger charge is -2.32. The summed E-state index contributed by atoms with van der Waals surface area (Å²) in [5, 5.41) is 0. The Labute approximate surface area is 155 Å². The number of rotatable bonds is 3. The van der Waals surface area contributed by atoms with Crippen LogP contribution in [0.2, 0.25) is 0 Å². The summed E-state index contributed by atoms with van der Waals surface area (Å²) in [5.41, 5.74) is 2.05. The van der Waals surface area contributed by atoms with E-state index in [0.717, 1.165) is 35.6 Å². The van der Waals surface area contributed by atoms with Gasteiger partial charge in [-0.05, 0) is 36.3 Å². The van der Waals surface area contributed by atoms with E-state index < -0.39 is 11.7 Å². The van der Waals surface area contributed by atoms with Crippen molar-refractivity contribution in [2.45, 2.75) is 25.6 Å². The summed E-state index contributed by atoms with van der Waals surface area (Å²) >= 11 is 0. The van der Waals surface area contributed by atoms with Gasteiger partial charge in [-0.1, -0.05) is 31.2 Å². The van der Waals surface area contributed by atoms with Gasteiger partial charge in [0.25, 0.3) is 0 Å². The summed E-state index contributed by atoms with van der Waals surface area (Å²) in [5.74, 6) is 1.42. The van der Waals surface area contributed by atoms with Crippen LogP contribution in [0.15, 0.2) is 48.7 Å². The fourth-order valence-electron chi connectivity index (χ4n) is 3.26. The van der Waals surface area contributed by atoms with Crippen molar-refractivity contribution in [1.29, 1.82) is 0 Å². The largest absolute Gasteiger partial charge is 0.454 e. The molecule has 2 aromatic carbocycles. The molecule has 6 heteroatoms. The van der Waals surface area contributed by atoms with Crippen LogP contribution in [-0.4, -0.2) is 12.8 Å². The van der Waals surface area contributed by atoms with Gasteiger partial charge < -0.3 is 14.4 Å². The SMILES string of the molecule is CCC1C=Cc2cc3c(cc2N1C=Cc1ccc(C(F)(F)F)cc1)OCO3. The van der Waals surface area contributed by atoms with Crippen molar-refractivity contribution in [3.8, 4) is 11.5 Å². The molecule has 0 saturated carbocycles. The van der Waals surface area contributed by atoms with E-state index in [0.29, 0.717) is 11.3 Å². The maximum absolute atomic E-state index is 12.7. The third-order valence-corrected chi connectivity index (χ3v) is 4.74. The number of anilines is 1. The summed E-state index contributed by atoms with van der Waals surface area (Å²) in [6, 6.07) is 9.18. The third-order valence-electron chi connectivity index (χ3n) is 4.74. The van der Waals surface area contributed by atoms with E-state index in [9.17, 15) is 13.2 Å². The van der Waals surface area contributed by atoms with Crippen molar-refractivity contribution in [3.63, 3.8) is 0 Å². The molecule has 1 atom stereocenters. The monoisotopic (exact) mass is 373 g/mol. The molecule has 3 nitrogen and oxygen atoms in total. The first kappa shape index (κ1) is 17.5. The van der Waals surface area contributed by atoms with Gasteiger partial charge in [0.2, 0.25) is 6.79 Å². The van der Waals surface area contributed by atoms with Gasteiger partial charge in [0.15, 0.2) is 11.5 Å². The molecule has 0 amide bonds. The number of nitrogens with zero attached hydrogens (tertiary/aromatic N) is 1. The first-order chi connectivity index (χ1) is 13.0. The zero-order chi connectivity index (χ0) is 19.0. The summed E-state index contributed by atoms with van der Waals surface area (Å²) < 4.78 is 49.1. The molecule has 0 spiro atoms. The number of fused-ring (bicyclic) bond motifs is 2. The standard InChI is InChI=1S/C21H18F3NO2/c1-2-17-8-5-15-11-19-20(27-13-26-19)12-18(15)25(17)10-9-14-3-6-16(7-4-14)21(22,23)24/h3-12,17H,2,13H2,1H3. The van der Waals surface area contributed by atoms with Gasteiger partial charge in [-0.3, -0.25) is 0 Å². The lowest BCUT2D eigenvalue weighted by atomic mass is 10.0. The molecular weight excluding hydrogens is 355 g/mol. The minimum Gasteiger partial charge on any atom is -0.454 e. The highest BCUT2D eigenvalue weighted by atomic mass is 19.4. The van der Waals surface area contributed by atoms with Gasteiger partial charge in [-0.15, -0.1) is 0 Å². The predicted molar refractivity (Wildman–Crippen MR) is 98.6 cm³/mol. The van der Waals surface area contributed by atoms with Crippen molar-refractivity contribution in [3.05, 3.63) is 65.4 Å². The fourth-order valence-corrected chi connectivity index (χ4v) is 3.26. The highest BCUT2D eigenvalue weighted by molar-refractivity contribution is 5.78. The molecule has 0 aromatic heterocycles. The zero-order valence-corrected chi connectivity index (χ0v) is 14.7. The average molecular weight is 373 g/mol. The minimum atomic E-state index is -4.32. The van der Waals surface area contributed by atoms with Crippen molar-refractivity contribution in [2.24, 2.45) is 0 Å². The first-order valence-corrected chi connectivity index (χ1v) is 8.71. The van der Waals surface area contributed by atoms with Crippen molar-refractivity contribution in [1.82, 2.24) is 0 Å². The van der Waals surface area contributed by atoms with Crippen LogP contribution < -0.4 is 14.4 Å². The van der Waals surface area contributed by atoms with Crippen LogP contribution in [0, 0.1) is 0 Å². The summed E-state index contributed by atoms with van der Waals surface area (Å²) in [6.07, 6.45) is 4.46. The van der Waals surface area contributed by atoms with E-state index in [2.05, 4.69) is 24.0 Å². The number of hydrogen-bond donors (Lipinski definition) is 0. The molecule has 27 heavy (non-hydrogen) atoms. The fraction of sp³-hybridized carbons (Fsp3) is 0.238. The maximum Gasteiger partial charge on any atom is 0.416 e. The summed E-state index contributed by atoms with van der Waals surface area (Å²) in [4.78, 5) is 2.11. The second kappa shape index (κ2) is 6.68. The van der Waals surface area contributed by atoms with Crippen molar-refractivity contribution in [2.75, 3.05) is 11.7 Å². The normalized spacial score (nSPS) is 18.2. The summed E-state index contributed by atoms with van der Waals surface area (Å²) in [7, 11) is 0. The first-order valence-electron chi connectivity index (χ1n) is 8.71. The molecule has 140 valence electrons. The Morgan fingerprint density at radius 3 is 2.48 bits per heavy atom. The zero-order valence-electron chi connectivity index (χ0n) is 14.7. The molecule has 0 radical (unpaired) electrons. The Kier molecular flexibility index (Phi) is 4.34. The lowest BCUT2D eigenvalue weighted by molar-refractivity contribution is -0.137. The molecule has 0 N–H and O–H groups in total. The minimum absolute atomic E-state index is 0.156. The van der Waals surface area contributed by atoms with Crippen LogP contribution in [0.1, 0.15) is 30.0 Å². The number of alkyl halides is 3.